The summed E-state index contributed by atoms with van der Waals surface area (Å²) in [4.78, 5) is 0. The van der Waals surface area contributed by atoms with Crippen LogP contribution in [0.4, 0.5) is 0 Å². The van der Waals surface area contributed by atoms with Gasteiger partial charge in [0, 0.05) is 14.2 Å². The van der Waals surface area contributed by atoms with Gasteiger partial charge in [0.25, 0.3) is 0 Å². The average molecular weight is 272 g/mol. The molecule has 0 aliphatic carbocycles. The van der Waals surface area contributed by atoms with Crippen LogP contribution >= 0.6 is 0 Å². The van der Waals surface area contributed by atoms with E-state index in [-0.39, 0.29) is 12.2 Å². The molecule has 0 aromatic heterocycles. The molecular weight excluding hydrogens is 252 g/mol. The van der Waals surface area contributed by atoms with E-state index in [1.54, 1.807) is 21.3 Å². The van der Waals surface area contributed by atoms with Crippen molar-refractivity contribution in [1.82, 2.24) is 0 Å². The third-order valence-corrected chi connectivity index (χ3v) is 3.36. The largest absolute Gasteiger partial charge is 0.497 e. The van der Waals surface area contributed by atoms with Gasteiger partial charge in [-0.2, -0.15) is 0 Å². The van der Waals surface area contributed by atoms with Crippen molar-refractivity contribution in [3.05, 3.63) is 65.7 Å². The summed E-state index contributed by atoms with van der Waals surface area (Å²) in [6, 6.07) is 17.9. The van der Waals surface area contributed by atoms with E-state index in [4.69, 9.17) is 14.2 Å². The SMILES string of the molecule is COc1ccc(C(OC)C(OC)c2ccccc2)cc1. The number of benzene rings is 2. The lowest BCUT2D eigenvalue weighted by Gasteiger charge is -2.25. The maximum Gasteiger partial charge on any atom is 0.118 e. The van der Waals surface area contributed by atoms with Gasteiger partial charge in [0.05, 0.1) is 7.11 Å². The molecule has 0 N–H and O–H groups in total. The highest BCUT2D eigenvalue weighted by Crippen LogP contribution is 2.34. The molecule has 2 aromatic carbocycles. The summed E-state index contributed by atoms with van der Waals surface area (Å²) in [5.41, 5.74) is 2.15. The first-order valence-electron chi connectivity index (χ1n) is 6.54. The van der Waals surface area contributed by atoms with Crippen LogP contribution in [0.2, 0.25) is 0 Å². The minimum absolute atomic E-state index is 0.144. The van der Waals surface area contributed by atoms with E-state index in [0.29, 0.717) is 0 Å². The number of rotatable bonds is 6. The van der Waals surface area contributed by atoms with Gasteiger partial charge >= 0.3 is 0 Å². The maximum absolute atomic E-state index is 5.65. The van der Waals surface area contributed by atoms with Gasteiger partial charge in [-0.15, -0.1) is 0 Å². The van der Waals surface area contributed by atoms with E-state index in [9.17, 15) is 0 Å². The van der Waals surface area contributed by atoms with Crippen LogP contribution in [-0.4, -0.2) is 21.3 Å². The average Bonchev–Trinajstić information content (AvgIpc) is 2.53. The van der Waals surface area contributed by atoms with Gasteiger partial charge in [-0.3, -0.25) is 0 Å². The van der Waals surface area contributed by atoms with Gasteiger partial charge in [-0.05, 0) is 23.3 Å². The Morgan fingerprint density at radius 3 is 1.60 bits per heavy atom. The zero-order chi connectivity index (χ0) is 14.4. The van der Waals surface area contributed by atoms with E-state index >= 15 is 0 Å². The molecule has 0 aliphatic heterocycles. The Bertz CT molecular complexity index is 508. The molecule has 0 aliphatic rings. The Morgan fingerprint density at radius 1 is 0.650 bits per heavy atom. The monoisotopic (exact) mass is 272 g/mol. The van der Waals surface area contributed by atoms with Crippen molar-refractivity contribution in [1.29, 1.82) is 0 Å². The highest BCUT2D eigenvalue weighted by atomic mass is 16.5. The first-order chi connectivity index (χ1) is 9.80. The zero-order valence-electron chi connectivity index (χ0n) is 12.1. The Morgan fingerprint density at radius 2 is 1.15 bits per heavy atom. The molecule has 0 saturated carbocycles. The second-order valence-corrected chi connectivity index (χ2v) is 4.50. The molecule has 3 nitrogen and oxygen atoms in total. The Balaban J connectivity index is 2.29. The zero-order valence-corrected chi connectivity index (χ0v) is 12.1. The molecule has 2 atom stereocenters. The normalized spacial score (nSPS) is 13.8. The first kappa shape index (κ1) is 14.6. The van der Waals surface area contributed by atoms with E-state index in [2.05, 4.69) is 0 Å². The van der Waals surface area contributed by atoms with Crippen LogP contribution in [-0.2, 0) is 9.47 Å². The summed E-state index contributed by atoms with van der Waals surface area (Å²) in [5.74, 6) is 0.831. The third kappa shape index (κ3) is 3.18. The van der Waals surface area contributed by atoms with E-state index in [1.807, 2.05) is 54.6 Å². The highest BCUT2D eigenvalue weighted by molar-refractivity contribution is 5.31. The Kier molecular flexibility index (Phi) is 5.16. The van der Waals surface area contributed by atoms with Crippen molar-refractivity contribution in [3.8, 4) is 5.75 Å². The molecule has 2 aromatic rings. The molecular formula is C17H20O3. The summed E-state index contributed by atoms with van der Waals surface area (Å²) < 4.78 is 16.5. The molecule has 0 saturated heterocycles. The van der Waals surface area contributed by atoms with Gasteiger partial charge in [0.15, 0.2) is 0 Å². The van der Waals surface area contributed by atoms with Gasteiger partial charge in [0.1, 0.15) is 18.0 Å². The van der Waals surface area contributed by atoms with Crippen molar-refractivity contribution < 1.29 is 14.2 Å². The van der Waals surface area contributed by atoms with Gasteiger partial charge in [0.2, 0.25) is 0 Å². The standard InChI is InChI=1S/C17H20O3/c1-18-15-11-9-14(10-12-15)17(20-3)16(19-2)13-7-5-4-6-8-13/h4-12,16-17H,1-3H3. The minimum Gasteiger partial charge on any atom is -0.497 e. The molecule has 0 radical (unpaired) electrons. The lowest BCUT2D eigenvalue weighted by atomic mass is 9.98. The molecule has 3 heteroatoms. The van der Waals surface area contributed by atoms with Crippen LogP contribution in [0.3, 0.4) is 0 Å². The lowest BCUT2D eigenvalue weighted by molar-refractivity contribution is -0.0397. The Labute approximate surface area is 120 Å². The smallest absolute Gasteiger partial charge is 0.118 e. The van der Waals surface area contributed by atoms with Crippen molar-refractivity contribution in [2.75, 3.05) is 21.3 Å². The number of hydrogen-bond donors (Lipinski definition) is 0. The summed E-state index contributed by atoms with van der Waals surface area (Å²) >= 11 is 0. The first-order valence-corrected chi connectivity index (χ1v) is 6.54. The fourth-order valence-corrected chi connectivity index (χ4v) is 2.31. The van der Waals surface area contributed by atoms with Crippen LogP contribution in [0.1, 0.15) is 23.3 Å². The van der Waals surface area contributed by atoms with E-state index < -0.39 is 0 Å². The van der Waals surface area contributed by atoms with Gasteiger partial charge in [-0.25, -0.2) is 0 Å². The van der Waals surface area contributed by atoms with Crippen molar-refractivity contribution in [2.45, 2.75) is 12.2 Å². The molecule has 0 bridgehead atoms. The van der Waals surface area contributed by atoms with Crippen LogP contribution in [0, 0.1) is 0 Å². The molecule has 0 spiro atoms. The summed E-state index contributed by atoms with van der Waals surface area (Å²) in [6.07, 6.45) is -0.303. The third-order valence-electron chi connectivity index (χ3n) is 3.36. The summed E-state index contributed by atoms with van der Waals surface area (Å²) in [7, 11) is 5.06. The van der Waals surface area contributed by atoms with Crippen LogP contribution in [0.5, 0.6) is 5.75 Å². The van der Waals surface area contributed by atoms with Crippen LogP contribution in [0.15, 0.2) is 54.6 Å². The molecule has 20 heavy (non-hydrogen) atoms. The Hall–Kier alpha value is -1.84. The van der Waals surface area contributed by atoms with Crippen LogP contribution < -0.4 is 4.74 Å². The molecule has 0 amide bonds. The quantitative estimate of drug-likeness (QED) is 0.801. The highest BCUT2D eigenvalue weighted by Gasteiger charge is 2.24. The van der Waals surface area contributed by atoms with Crippen molar-refractivity contribution in [2.24, 2.45) is 0 Å². The molecule has 0 fully saturated rings. The number of methoxy groups -OCH3 is 3. The molecule has 2 rings (SSSR count). The maximum atomic E-state index is 5.65. The number of hydrogen-bond acceptors (Lipinski definition) is 3. The predicted octanol–water partition coefficient (Wildman–Crippen LogP) is 3.77. The number of ether oxygens (including phenoxy) is 3. The second-order valence-electron chi connectivity index (χ2n) is 4.50. The summed E-state index contributed by atoms with van der Waals surface area (Å²) in [5, 5.41) is 0. The minimum atomic E-state index is -0.159. The fourth-order valence-electron chi connectivity index (χ4n) is 2.31. The molecule has 0 heterocycles. The predicted molar refractivity (Wildman–Crippen MR) is 78.9 cm³/mol. The topological polar surface area (TPSA) is 27.7 Å². The van der Waals surface area contributed by atoms with Crippen molar-refractivity contribution in [3.63, 3.8) is 0 Å². The van der Waals surface area contributed by atoms with E-state index in [0.717, 1.165) is 16.9 Å². The lowest BCUT2D eigenvalue weighted by Crippen LogP contribution is -2.15. The van der Waals surface area contributed by atoms with Gasteiger partial charge < -0.3 is 14.2 Å². The molecule has 2 unspecified atom stereocenters. The fraction of sp³-hybridized carbons (Fsp3) is 0.294. The van der Waals surface area contributed by atoms with Crippen LogP contribution in [0.25, 0.3) is 0 Å². The van der Waals surface area contributed by atoms with E-state index in [1.165, 1.54) is 0 Å². The molecule has 106 valence electrons. The summed E-state index contributed by atoms with van der Waals surface area (Å²) in [6.45, 7) is 0. The van der Waals surface area contributed by atoms with Crippen molar-refractivity contribution >= 4 is 0 Å². The second kappa shape index (κ2) is 7.08. The van der Waals surface area contributed by atoms with Gasteiger partial charge in [-0.1, -0.05) is 42.5 Å².